The van der Waals surface area contributed by atoms with Crippen molar-refractivity contribution < 1.29 is 17.9 Å². The molecule has 1 saturated heterocycles. The number of hydrogen-bond donors (Lipinski definition) is 1. The van der Waals surface area contributed by atoms with Crippen LogP contribution in [0.3, 0.4) is 0 Å². The second-order valence-corrected chi connectivity index (χ2v) is 10.3. The van der Waals surface area contributed by atoms with Crippen LogP contribution < -0.4 is 10.1 Å². The highest BCUT2D eigenvalue weighted by Gasteiger charge is 2.29. The normalized spacial score (nSPS) is 15.2. The van der Waals surface area contributed by atoms with Crippen molar-refractivity contribution >= 4 is 21.6 Å². The molecule has 172 valence electrons. The molecule has 0 atom stereocenters. The van der Waals surface area contributed by atoms with E-state index in [4.69, 9.17) is 4.74 Å². The van der Waals surface area contributed by atoms with E-state index < -0.39 is 15.9 Å². The Morgan fingerprint density at radius 3 is 2.33 bits per heavy atom. The number of hydrogen-bond acceptors (Lipinski definition) is 4. The summed E-state index contributed by atoms with van der Waals surface area (Å²) < 4.78 is 33.3. The van der Waals surface area contributed by atoms with Crippen LogP contribution in [0.15, 0.2) is 77.7 Å². The summed E-state index contributed by atoms with van der Waals surface area (Å²) in [6.07, 6.45) is 1.66. The molecule has 1 heterocycles. The smallest absolute Gasteiger partial charge is 0.259 e. The first kappa shape index (κ1) is 23.0. The number of carbonyl (C=O) groups is 1. The maximum atomic E-state index is 13.3. The number of para-hydroxylation sites is 1. The highest BCUT2D eigenvalue weighted by molar-refractivity contribution is 7.89. The van der Waals surface area contributed by atoms with E-state index in [0.717, 1.165) is 24.0 Å². The molecule has 4 rings (SSSR count). The molecular formula is C26H28N2O4S. The van der Waals surface area contributed by atoms with Crippen LogP contribution in [-0.4, -0.2) is 38.8 Å². The van der Waals surface area contributed by atoms with Crippen molar-refractivity contribution in [3.8, 4) is 16.9 Å². The number of methoxy groups -OCH3 is 1. The third-order valence-electron chi connectivity index (χ3n) is 6.06. The number of carbonyl (C=O) groups excluding carboxylic acids is 1. The average Bonchev–Trinajstić information content (AvgIpc) is 2.84. The number of amides is 1. The summed E-state index contributed by atoms with van der Waals surface area (Å²) in [5, 5.41) is 2.94. The predicted molar refractivity (Wildman–Crippen MR) is 130 cm³/mol. The number of sulfonamides is 1. The first-order valence-corrected chi connectivity index (χ1v) is 12.5. The Balaban J connectivity index is 1.65. The SMILES string of the molecule is COc1ccc(S(=O)(=O)N2CCC(C)CC2)cc1C(=O)Nc1ccccc1-c1ccccc1. The van der Waals surface area contributed by atoms with Gasteiger partial charge in [-0.05, 0) is 48.6 Å². The van der Waals surface area contributed by atoms with Gasteiger partial charge in [0.05, 0.1) is 17.6 Å². The number of ether oxygens (including phenoxy) is 1. The molecule has 6 nitrogen and oxygen atoms in total. The number of piperidine rings is 1. The molecule has 0 bridgehead atoms. The van der Waals surface area contributed by atoms with E-state index in [1.165, 1.54) is 29.6 Å². The molecule has 0 radical (unpaired) electrons. The van der Waals surface area contributed by atoms with Gasteiger partial charge in [0.2, 0.25) is 10.0 Å². The van der Waals surface area contributed by atoms with Crippen molar-refractivity contribution in [3.05, 3.63) is 78.4 Å². The molecule has 0 aliphatic carbocycles. The van der Waals surface area contributed by atoms with Gasteiger partial charge in [0.1, 0.15) is 5.75 Å². The molecule has 33 heavy (non-hydrogen) atoms. The zero-order chi connectivity index (χ0) is 23.4. The summed E-state index contributed by atoms with van der Waals surface area (Å²) in [6.45, 7) is 3.11. The van der Waals surface area contributed by atoms with Crippen LogP contribution in [0.25, 0.3) is 11.1 Å². The molecule has 1 fully saturated rings. The Bertz CT molecular complexity index is 1230. The number of nitrogens with zero attached hydrogens (tertiary/aromatic N) is 1. The van der Waals surface area contributed by atoms with Crippen LogP contribution in [0.2, 0.25) is 0 Å². The third-order valence-corrected chi connectivity index (χ3v) is 7.95. The highest BCUT2D eigenvalue weighted by atomic mass is 32.2. The average molecular weight is 465 g/mol. The summed E-state index contributed by atoms with van der Waals surface area (Å²) in [7, 11) is -2.23. The summed E-state index contributed by atoms with van der Waals surface area (Å²) in [5.74, 6) is 0.397. The van der Waals surface area contributed by atoms with Crippen molar-refractivity contribution in [1.82, 2.24) is 4.31 Å². The van der Waals surface area contributed by atoms with Crippen molar-refractivity contribution in [2.75, 3.05) is 25.5 Å². The van der Waals surface area contributed by atoms with E-state index >= 15 is 0 Å². The quantitative estimate of drug-likeness (QED) is 0.555. The minimum Gasteiger partial charge on any atom is -0.496 e. The van der Waals surface area contributed by atoms with E-state index in [1.807, 2.05) is 54.6 Å². The lowest BCUT2D eigenvalue weighted by molar-refractivity contribution is 0.102. The zero-order valence-corrected chi connectivity index (χ0v) is 19.6. The molecule has 3 aromatic rings. The molecule has 0 aromatic heterocycles. The largest absolute Gasteiger partial charge is 0.496 e. The molecule has 0 spiro atoms. The number of nitrogens with one attached hydrogen (secondary N) is 1. The Morgan fingerprint density at radius 1 is 0.970 bits per heavy atom. The minimum atomic E-state index is -3.69. The Kier molecular flexibility index (Phi) is 6.81. The second-order valence-electron chi connectivity index (χ2n) is 8.31. The fourth-order valence-electron chi connectivity index (χ4n) is 4.05. The van der Waals surface area contributed by atoms with Gasteiger partial charge < -0.3 is 10.1 Å². The van der Waals surface area contributed by atoms with Crippen LogP contribution in [0.1, 0.15) is 30.1 Å². The fourth-order valence-corrected chi connectivity index (χ4v) is 5.55. The maximum absolute atomic E-state index is 13.3. The molecule has 1 amide bonds. The summed E-state index contributed by atoms with van der Waals surface area (Å²) in [5.41, 5.74) is 2.65. The highest BCUT2D eigenvalue weighted by Crippen LogP contribution is 2.31. The molecule has 7 heteroatoms. The topological polar surface area (TPSA) is 75.7 Å². The third kappa shape index (κ3) is 4.94. The van der Waals surface area contributed by atoms with Crippen LogP contribution in [-0.2, 0) is 10.0 Å². The van der Waals surface area contributed by atoms with E-state index in [-0.39, 0.29) is 10.5 Å². The van der Waals surface area contributed by atoms with E-state index in [1.54, 1.807) is 0 Å². The van der Waals surface area contributed by atoms with Crippen LogP contribution >= 0.6 is 0 Å². The van der Waals surface area contributed by atoms with Crippen LogP contribution in [0.4, 0.5) is 5.69 Å². The lowest BCUT2D eigenvalue weighted by Gasteiger charge is -2.29. The summed E-state index contributed by atoms with van der Waals surface area (Å²) >= 11 is 0. The summed E-state index contributed by atoms with van der Waals surface area (Å²) in [6, 6.07) is 21.7. The fraction of sp³-hybridized carbons (Fsp3) is 0.269. The molecule has 1 aliphatic heterocycles. The zero-order valence-electron chi connectivity index (χ0n) is 18.8. The molecule has 3 aromatic carbocycles. The standard InChI is InChI=1S/C26H28N2O4S/c1-19-14-16-28(17-15-19)33(30,31)21-12-13-25(32-2)23(18-21)26(29)27-24-11-7-6-10-22(24)20-8-4-3-5-9-20/h3-13,18-19H,14-17H2,1-2H3,(H,27,29). The molecular weight excluding hydrogens is 436 g/mol. The maximum Gasteiger partial charge on any atom is 0.259 e. The van der Waals surface area contributed by atoms with E-state index in [2.05, 4.69) is 12.2 Å². The van der Waals surface area contributed by atoms with Gasteiger partial charge in [-0.25, -0.2) is 8.42 Å². The first-order valence-electron chi connectivity index (χ1n) is 11.0. The molecule has 1 N–H and O–H groups in total. The van der Waals surface area contributed by atoms with Gasteiger partial charge in [-0.2, -0.15) is 4.31 Å². The summed E-state index contributed by atoms with van der Waals surface area (Å²) in [4.78, 5) is 13.4. The lowest BCUT2D eigenvalue weighted by atomic mass is 10.0. The predicted octanol–water partition coefficient (Wildman–Crippen LogP) is 5.04. The second kappa shape index (κ2) is 9.77. The van der Waals surface area contributed by atoms with Gasteiger partial charge in [0, 0.05) is 24.3 Å². The number of rotatable bonds is 6. The van der Waals surface area contributed by atoms with E-state index in [9.17, 15) is 13.2 Å². The Labute approximate surface area is 195 Å². The van der Waals surface area contributed by atoms with Gasteiger partial charge in [0.15, 0.2) is 0 Å². The van der Waals surface area contributed by atoms with E-state index in [0.29, 0.717) is 30.4 Å². The van der Waals surface area contributed by atoms with Gasteiger partial charge in [-0.1, -0.05) is 55.5 Å². The molecule has 0 unspecified atom stereocenters. The molecule has 1 aliphatic rings. The van der Waals surface area contributed by atoms with Crippen LogP contribution in [0.5, 0.6) is 5.75 Å². The Hall–Kier alpha value is -3.16. The Morgan fingerprint density at radius 2 is 1.64 bits per heavy atom. The van der Waals surface area contributed by atoms with Crippen molar-refractivity contribution in [2.24, 2.45) is 5.92 Å². The number of anilines is 1. The van der Waals surface area contributed by atoms with Crippen molar-refractivity contribution in [2.45, 2.75) is 24.7 Å². The number of benzene rings is 3. The first-order chi connectivity index (χ1) is 15.9. The van der Waals surface area contributed by atoms with Gasteiger partial charge in [-0.3, -0.25) is 4.79 Å². The van der Waals surface area contributed by atoms with Gasteiger partial charge in [-0.15, -0.1) is 0 Å². The molecule has 0 saturated carbocycles. The van der Waals surface area contributed by atoms with Crippen molar-refractivity contribution in [1.29, 1.82) is 0 Å². The minimum absolute atomic E-state index is 0.0966. The monoisotopic (exact) mass is 464 g/mol. The van der Waals surface area contributed by atoms with Gasteiger partial charge in [0.25, 0.3) is 5.91 Å². The lowest BCUT2D eigenvalue weighted by Crippen LogP contribution is -2.37. The van der Waals surface area contributed by atoms with Crippen LogP contribution in [0, 0.1) is 5.92 Å². The van der Waals surface area contributed by atoms with Crippen molar-refractivity contribution in [3.63, 3.8) is 0 Å². The van der Waals surface area contributed by atoms with Gasteiger partial charge >= 0.3 is 0 Å².